The molecule has 1 aromatic heterocycles. The van der Waals surface area contributed by atoms with E-state index < -0.39 is 23.5 Å². The van der Waals surface area contributed by atoms with Gasteiger partial charge in [0.15, 0.2) is 0 Å². The Kier molecular flexibility index (Phi) is 5.49. The molecule has 0 spiro atoms. The molecule has 3 amide bonds. The Bertz CT molecular complexity index is 1440. The summed E-state index contributed by atoms with van der Waals surface area (Å²) in [5.74, 6) is -1.87. The number of anilines is 1. The van der Waals surface area contributed by atoms with Crippen LogP contribution in [0.5, 0.6) is 5.75 Å². The Morgan fingerprint density at radius 2 is 1.77 bits per heavy atom. The number of hydrogen-bond acceptors (Lipinski definition) is 7. The van der Waals surface area contributed by atoms with Crippen molar-refractivity contribution in [1.82, 2.24) is 25.1 Å². The SMILES string of the molecule is COc1ccc(CN2C(=O)c3ccccc3C2=O)cc1C(=O)Nc1cc(-n2cnnn2)ccc1F. The number of nitrogens with zero attached hydrogens (tertiary/aromatic N) is 5. The summed E-state index contributed by atoms with van der Waals surface area (Å²) < 4.78 is 21.1. The van der Waals surface area contributed by atoms with Crippen LogP contribution >= 0.6 is 0 Å². The number of hydrogen-bond donors (Lipinski definition) is 1. The van der Waals surface area contributed by atoms with E-state index in [2.05, 4.69) is 20.8 Å². The van der Waals surface area contributed by atoms with E-state index in [9.17, 15) is 18.8 Å². The Morgan fingerprint density at radius 1 is 1.03 bits per heavy atom. The number of tetrazole rings is 1. The van der Waals surface area contributed by atoms with Crippen LogP contribution in [0.1, 0.15) is 36.6 Å². The van der Waals surface area contributed by atoms with Gasteiger partial charge in [-0.1, -0.05) is 18.2 Å². The monoisotopic (exact) mass is 472 g/mol. The van der Waals surface area contributed by atoms with E-state index in [4.69, 9.17) is 4.74 Å². The van der Waals surface area contributed by atoms with Gasteiger partial charge in [-0.05, 0) is 58.5 Å². The Balaban J connectivity index is 1.41. The highest BCUT2D eigenvalue weighted by molar-refractivity contribution is 6.21. The topological polar surface area (TPSA) is 119 Å². The minimum absolute atomic E-state index is 0.0419. The molecule has 5 rings (SSSR count). The third kappa shape index (κ3) is 3.99. The second kappa shape index (κ2) is 8.78. The van der Waals surface area contributed by atoms with Crippen molar-refractivity contribution in [2.45, 2.75) is 6.54 Å². The second-order valence-electron chi connectivity index (χ2n) is 7.65. The Labute approximate surface area is 197 Å². The van der Waals surface area contributed by atoms with E-state index >= 15 is 0 Å². The molecule has 174 valence electrons. The minimum Gasteiger partial charge on any atom is -0.496 e. The van der Waals surface area contributed by atoms with Crippen LogP contribution < -0.4 is 10.1 Å². The molecule has 0 saturated heterocycles. The summed E-state index contributed by atoms with van der Waals surface area (Å²) >= 11 is 0. The number of carbonyl (C=O) groups excluding carboxylic acids is 3. The fourth-order valence-electron chi connectivity index (χ4n) is 3.82. The van der Waals surface area contributed by atoms with E-state index in [1.807, 2.05) is 0 Å². The molecule has 0 aliphatic carbocycles. The van der Waals surface area contributed by atoms with Gasteiger partial charge in [0.05, 0.1) is 41.7 Å². The number of fused-ring (bicyclic) bond motifs is 1. The van der Waals surface area contributed by atoms with Gasteiger partial charge < -0.3 is 10.1 Å². The molecule has 1 N–H and O–H groups in total. The minimum atomic E-state index is -0.656. The van der Waals surface area contributed by atoms with Crippen LogP contribution in [-0.2, 0) is 6.54 Å². The summed E-state index contributed by atoms with van der Waals surface area (Å²) in [6.07, 6.45) is 1.34. The van der Waals surface area contributed by atoms with E-state index in [1.165, 1.54) is 42.4 Å². The lowest BCUT2D eigenvalue weighted by Crippen LogP contribution is -2.29. The number of rotatable bonds is 6. The van der Waals surface area contributed by atoms with Crippen molar-refractivity contribution in [2.75, 3.05) is 12.4 Å². The zero-order chi connectivity index (χ0) is 24.5. The van der Waals surface area contributed by atoms with Crippen LogP contribution in [-0.4, -0.2) is 49.9 Å². The largest absolute Gasteiger partial charge is 0.496 e. The molecule has 0 bridgehead atoms. The fraction of sp³-hybridized carbons (Fsp3) is 0.0833. The molecule has 10 nitrogen and oxygen atoms in total. The summed E-state index contributed by atoms with van der Waals surface area (Å²) in [5.41, 5.74) is 1.65. The van der Waals surface area contributed by atoms with E-state index in [1.54, 1.807) is 36.4 Å². The summed E-state index contributed by atoms with van der Waals surface area (Å²) in [6, 6.07) is 15.3. The second-order valence-corrected chi connectivity index (χ2v) is 7.65. The normalized spacial score (nSPS) is 12.6. The Hall–Kier alpha value is -4.93. The number of amides is 3. The maximum atomic E-state index is 14.4. The molecule has 1 aliphatic rings. The van der Waals surface area contributed by atoms with Crippen LogP contribution in [0.25, 0.3) is 5.69 Å². The van der Waals surface area contributed by atoms with Crippen molar-refractivity contribution in [3.63, 3.8) is 0 Å². The lowest BCUT2D eigenvalue weighted by molar-refractivity contribution is 0.0642. The quantitative estimate of drug-likeness (QED) is 0.429. The third-order valence-corrected chi connectivity index (χ3v) is 5.54. The molecule has 0 saturated carbocycles. The zero-order valence-corrected chi connectivity index (χ0v) is 18.3. The van der Waals surface area contributed by atoms with E-state index in [-0.39, 0.29) is 23.5 Å². The number of imide groups is 1. The highest BCUT2D eigenvalue weighted by Gasteiger charge is 2.35. The van der Waals surface area contributed by atoms with Crippen LogP contribution in [0.2, 0.25) is 0 Å². The van der Waals surface area contributed by atoms with Crippen molar-refractivity contribution in [3.05, 3.63) is 95.1 Å². The van der Waals surface area contributed by atoms with Gasteiger partial charge in [0.1, 0.15) is 17.9 Å². The molecule has 0 radical (unpaired) electrons. The lowest BCUT2D eigenvalue weighted by atomic mass is 10.1. The molecule has 4 aromatic rings. The predicted octanol–water partition coefficient (Wildman–Crippen LogP) is 2.86. The number of methoxy groups -OCH3 is 1. The first-order valence-corrected chi connectivity index (χ1v) is 10.4. The number of nitrogens with one attached hydrogen (secondary N) is 1. The molecule has 2 heterocycles. The molecule has 0 atom stereocenters. The highest BCUT2D eigenvalue weighted by atomic mass is 19.1. The van der Waals surface area contributed by atoms with Crippen molar-refractivity contribution in [3.8, 4) is 11.4 Å². The van der Waals surface area contributed by atoms with Crippen LogP contribution in [0.3, 0.4) is 0 Å². The first-order valence-electron chi connectivity index (χ1n) is 10.4. The molecule has 3 aromatic carbocycles. The van der Waals surface area contributed by atoms with Gasteiger partial charge in [0.25, 0.3) is 17.7 Å². The molecule has 35 heavy (non-hydrogen) atoms. The van der Waals surface area contributed by atoms with Crippen molar-refractivity contribution in [1.29, 1.82) is 0 Å². The van der Waals surface area contributed by atoms with Gasteiger partial charge in [-0.15, -0.1) is 5.10 Å². The molecule has 11 heteroatoms. The van der Waals surface area contributed by atoms with E-state index in [0.29, 0.717) is 22.4 Å². The van der Waals surface area contributed by atoms with Crippen LogP contribution in [0.4, 0.5) is 10.1 Å². The average molecular weight is 472 g/mol. The summed E-state index contributed by atoms with van der Waals surface area (Å²) in [4.78, 5) is 39.6. The maximum absolute atomic E-state index is 14.4. The van der Waals surface area contributed by atoms with Crippen molar-refractivity contribution in [2.24, 2.45) is 0 Å². The third-order valence-electron chi connectivity index (χ3n) is 5.54. The van der Waals surface area contributed by atoms with Gasteiger partial charge in [0, 0.05) is 0 Å². The van der Waals surface area contributed by atoms with Crippen molar-refractivity contribution >= 4 is 23.4 Å². The first kappa shape index (κ1) is 21.9. The standard InChI is InChI=1S/C24H17FN6O4/c1-35-21-9-6-14(12-30-23(33)16-4-2-3-5-17(16)24(30)34)10-18(21)22(32)27-20-11-15(7-8-19(20)25)31-13-26-28-29-31/h2-11,13H,12H2,1H3,(H,27,32). The van der Waals surface area contributed by atoms with Gasteiger partial charge in [0.2, 0.25) is 0 Å². The molecule has 1 aliphatic heterocycles. The number of halogens is 1. The summed E-state index contributed by atoms with van der Waals surface area (Å²) in [5, 5.41) is 13.4. The number of ether oxygens (including phenoxy) is 1. The highest BCUT2D eigenvalue weighted by Crippen LogP contribution is 2.27. The lowest BCUT2D eigenvalue weighted by Gasteiger charge is -2.16. The number of benzene rings is 3. The first-order chi connectivity index (χ1) is 17.0. The van der Waals surface area contributed by atoms with Gasteiger partial charge in [-0.3, -0.25) is 19.3 Å². The van der Waals surface area contributed by atoms with Gasteiger partial charge >= 0.3 is 0 Å². The molecule has 0 fully saturated rings. The number of carbonyl (C=O) groups is 3. The van der Waals surface area contributed by atoms with Gasteiger partial charge in [-0.2, -0.15) is 0 Å². The fourth-order valence-corrected chi connectivity index (χ4v) is 3.82. The van der Waals surface area contributed by atoms with E-state index in [0.717, 1.165) is 4.90 Å². The predicted molar refractivity (Wildman–Crippen MR) is 121 cm³/mol. The smallest absolute Gasteiger partial charge is 0.261 e. The summed E-state index contributed by atoms with van der Waals surface area (Å²) in [7, 11) is 1.40. The van der Waals surface area contributed by atoms with Crippen LogP contribution in [0.15, 0.2) is 67.0 Å². The molecule has 0 unspecified atom stereocenters. The van der Waals surface area contributed by atoms with Crippen molar-refractivity contribution < 1.29 is 23.5 Å². The molecular weight excluding hydrogens is 455 g/mol. The average Bonchev–Trinajstić information content (AvgIpc) is 3.49. The Morgan fingerprint density at radius 3 is 2.43 bits per heavy atom. The molecular formula is C24H17FN6O4. The number of aromatic nitrogens is 4. The summed E-state index contributed by atoms with van der Waals surface area (Å²) in [6.45, 7) is -0.0419. The zero-order valence-electron chi connectivity index (χ0n) is 18.3. The maximum Gasteiger partial charge on any atom is 0.261 e. The van der Waals surface area contributed by atoms with Crippen LogP contribution in [0, 0.1) is 5.82 Å². The van der Waals surface area contributed by atoms with Gasteiger partial charge in [-0.25, -0.2) is 9.07 Å².